The molecule has 1 aliphatic rings. The van der Waals surface area contributed by atoms with Crippen LogP contribution in [0, 0.1) is 6.92 Å². The van der Waals surface area contributed by atoms with E-state index >= 15 is 0 Å². The summed E-state index contributed by atoms with van der Waals surface area (Å²) in [6.07, 6.45) is 3.89. The van der Waals surface area contributed by atoms with Crippen LogP contribution in [-0.4, -0.2) is 27.1 Å². The highest BCUT2D eigenvalue weighted by Gasteiger charge is 2.31. The minimum Gasteiger partial charge on any atom is -0.330 e. The molecule has 1 atom stereocenters. The van der Waals surface area contributed by atoms with Crippen LogP contribution in [0.4, 0.5) is 0 Å². The Morgan fingerprint density at radius 1 is 1.35 bits per heavy atom. The van der Waals surface area contributed by atoms with Crippen molar-refractivity contribution in [3.8, 4) is 0 Å². The molecule has 1 fully saturated rings. The first-order valence-electron chi connectivity index (χ1n) is 7.02. The Kier molecular flexibility index (Phi) is 3.30. The van der Waals surface area contributed by atoms with E-state index in [1.807, 2.05) is 18.1 Å². The van der Waals surface area contributed by atoms with Gasteiger partial charge in [-0.3, -0.25) is 9.48 Å². The number of amides is 1. The summed E-state index contributed by atoms with van der Waals surface area (Å²) in [5, 5.41) is 4.23. The van der Waals surface area contributed by atoms with E-state index in [4.69, 9.17) is 0 Å². The SMILES string of the molecule is Cc1cccc([C@H]2CCCN2C(=O)c2ccn(C)n2)c1. The number of likely N-dealkylation sites (tertiary alicyclic amines) is 1. The maximum Gasteiger partial charge on any atom is 0.274 e. The van der Waals surface area contributed by atoms with E-state index < -0.39 is 0 Å². The van der Waals surface area contributed by atoms with Crippen LogP contribution in [0.25, 0.3) is 0 Å². The maximum atomic E-state index is 12.6. The van der Waals surface area contributed by atoms with Gasteiger partial charge in [-0.25, -0.2) is 0 Å². The van der Waals surface area contributed by atoms with E-state index in [1.54, 1.807) is 10.7 Å². The standard InChI is InChI=1S/C16H19N3O/c1-12-5-3-6-13(11-12)15-7-4-9-19(15)16(20)14-8-10-18(2)17-14/h3,5-6,8,10-11,15H,4,7,9H2,1-2H3/t15-/m1/s1. The van der Waals surface area contributed by atoms with Gasteiger partial charge >= 0.3 is 0 Å². The number of carbonyl (C=O) groups excluding carboxylic acids is 1. The number of benzene rings is 1. The van der Waals surface area contributed by atoms with Gasteiger partial charge in [0.2, 0.25) is 0 Å². The molecule has 0 spiro atoms. The molecule has 1 saturated heterocycles. The van der Waals surface area contributed by atoms with Gasteiger partial charge in [-0.05, 0) is 31.4 Å². The lowest BCUT2D eigenvalue weighted by Crippen LogP contribution is -2.31. The van der Waals surface area contributed by atoms with Crippen molar-refractivity contribution in [2.24, 2.45) is 7.05 Å². The van der Waals surface area contributed by atoms with Gasteiger partial charge in [-0.1, -0.05) is 29.8 Å². The summed E-state index contributed by atoms with van der Waals surface area (Å²) in [5.74, 6) is 0.0367. The molecule has 3 rings (SSSR count). The van der Waals surface area contributed by atoms with Gasteiger partial charge in [0.05, 0.1) is 6.04 Å². The van der Waals surface area contributed by atoms with Gasteiger partial charge in [-0.15, -0.1) is 0 Å². The average Bonchev–Trinajstić information content (AvgIpc) is 3.06. The third-order valence-electron chi connectivity index (χ3n) is 3.87. The molecule has 0 bridgehead atoms. The smallest absolute Gasteiger partial charge is 0.274 e. The van der Waals surface area contributed by atoms with E-state index in [9.17, 15) is 4.79 Å². The second-order valence-electron chi connectivity index (χ2n) is 5.45. The number of nitrogens with zero attached hydrogens (tertiary/aromatic N) is 3. The van der Waals surface area contributed by atoms with Crippen LogP contribution in [0.15, 0.2) is 36.5 Å². The van der Waals surface area contributed by atoms with Crippen molar-refractivity contribution in [2.45, 2.75) is 25.8 Å². The third-order valence-corrected chi connectivity index (χ3v) is 3.87. The molecular formula is C16H19N3O. The fourth-order valence-corrected chi connectivity index (χ4v) is 2.91. The molecule has 1 amide bonds. The van der Waals surface area contributed by atoms with Gasteiger partial charge in [0, 0.05) is 19.8 Å². The molecule has 0 aliphatic carbocycles. The summed E-state index contributed by atoms with van der Waals surface area (Å²) in [6.45, 7) is 2.90. The molecule has 20 heavy (non-hydrogen) atoms. The molecule has 0 unspecified atom stereocenters. The van der Waals surface area contributed by atoms with Crippen molar-refractivity contribution >= 4 is 5.91 Å². The number of hydrogen-bond donors (Lipinski definition) is 0. The van der Waals surface area contributed by atoms with Crippen LogP contribution in [-0.2, 0) is 7.05 Å². The van der Waals surface area contributed by atoms with Crippen LogP contribution < -0.4 is 0 Å². The highest BCUT2D eigenvalue weighted by Crippen LogP contribution is 2.33. The van der Waals surface area contributed by atoms with Crippen molar-refractivity contribution in [2.75, 3.05) is 6.54 Å². The minimum absolute atomic E-state index is 0.0367. The second kappa shape index (κ2) is 5.12. The zero-order valence-corrected chi connectivity index (χ0v) is 11.9. The van der Waals surface area contributed by atoms with E-state index in [-0.39, 0.29) is 11.9 Å². The first-order valence-corrected chi connectivity index (χ1v) is 7.02. The molecule has 4 heteroatoms. The molecule has 2 aromatic rings. The average molecular weight is 269 g/mol. The molecule has 1 aliphatic heterocycles. The van der Waals surface area contributed by atoms with Crippen LogP contribution in [0.3, 0.4) is 0 Å². The van der Waals surface area contributed by atoms with E-state index in [0.29, 0.717) is 5.69 Å². The normalized spacial score (nSPS) is 18.5. The monoisotopic (exact) mass is 269 g/mol. The van der Waals surface area contributed by atoms with Crippen molar-refractivity contribution in [3.63, 3.8) is 0 Å². The quantitative estimate of drug-likeness (QED) is 0.840. The molecule has 0 saturated carbocycles. The Hall–Kier alpha value is -2.10. The van der Waals surface area contributed by atoms with Gasteiger partial charge < -0.3 is 4.90 Å². The van der Waals surface area contributed by atoms with Crippen molar-refractivity contribution in [1.29, 1.82) is 0 Å². The van der Waals surface area contributed by atoms with Gasteiger partial charge in [0.15, 0.2) is 0 Å². The Balaban J connectivity index is 1.87. The zero-order chi connectivity index (χ0) is 14.1. The first kappa shape index (κ1) is 12.9. The summed E-state index contributed by atoms with van der Waals surface area (Å²) in [4.78, 5) is 14.5. The lowest BCUT2D eigenvalue weighted by Gasteiger charge is -2.24. The minimum atomic E-state index is 0.0367. The van der Waals surface area contributed by atoms with Crippen molar-refractivity contribution in [1.82, 2.24) is 14.7 Å². The largest absolute Gasteiger partial charge is 0.330 e. The maximum absolute atomic E-state index is 12.6. The molecule has 4 nitrogen and oxygen atoms in total. The predicted molar refractivity (Wildman–Crippen MR) is 77.4 cm³/mol. The number of aryl methyl sites for hydroxylation is 2. The molecule has 104 valence electrons. The number of carbonyl (C=O) groups is 1. The fourth-order valence-electron chi connectivity index (χ4n) is 2.91. The summed E-state index contributed by atoms with van der Waals surface area (Å²) in [5.41, 5.74) is 3.00. The Morgan fingerprint density at radius 3 is 2.90 bits per heavy atom. The van der Waals surface area contributed by atoms with Gasteiger partial charge in [0.1, 0.15) is 5.69 Å². The topological polar surface area (TPSA) is 38.1 Å². The van der Waals surface area contributed by atoms with Crippen LogP contribution >= 0.6 is 0 Å². The van der Waals surface area contributed by atoms with Gasteiger partial charge in [0.25, 0.3) is 5.91 Å². The lowest BCUT2D eigenvalue weighted by molar-refractivity contribution is 0.0729. The van der Waals surface area contributed by atoms with Crippen LogP contribution in [0.1, 0.15) is 40.5 Å². The fraction of sp³-hybridized carbons (Fsp3) is 0.375. The summed E-state index contributed by atoms with van der Waals surface area (Å²) >= 11 is 0. The molecule has 1 aromatic heterocycles. The highest BCUT2D eigenvalue weighted by atomic mass is 16.2. The molecule has 0 N–H and O–H groups in total. The highest BCUT2D eigenvalue weighted by molar-refractivity contribution is 5.92. The number of rotatable bonds is 2. The Labute approximate surface area is 119 Å². The summed E-state index contributed by atoms with van der Waals surface area (Å²) in [6, 6.07) is 10.4. The first-order chi connectivity index (χ1) is 9.65. The molecular weight excluding hydrogens is 250 g/mol. The predicted octanol–water partition coefficient (Wildman–Crippen LogP) is 2.71. The Bertz CT molecular complexity index is 632. The van der Waals surface area contributed by atoms with Crippen molar-refractivity contribution < 1.29 is 4.79 Å². The van der Waals surface area contributed by atoms with E-state index in [0.717, 1.165) is 19.4 Å². The van der Waals surface area contributed by atoms with Crippen LogP contribution in [0.2, 0.25) is 0 Å². The number of hydrogen-bond acceptors (Lipinski definition) is 2. The van der Waals surface area contributed by atoms with Gasteiger partial charge in [-0.2, -0.15) is 5.10 Å². The zero-order valence-electron chi connectivity index (χ0n) is 11.9. The van der Waals surface area contributed by atoms with E-state index in [2.05, 4.69) is 36.3 Å². The van der Waals surface area contributed by atoms with Crippen LogP contribution in [0.5, 0.6) is 0 Å². The van der Waals surface area contributed by atoms with E-state index in [1.165, 1.54) is 11.1 Å². The summed E-state index contributed by atoms with van der Waals surface area (Å²) < 4.78 is 1.67. The summed E-state index contributed by atoms with van der Waals surface area (Å²) in [7, 11) is 1.83. The molecule has 1 aromatic carbocycles. The molecule has 0 radical (unpaired) electrons. The lowest BCUT2D eigenvalue weighted by atomic mass is 10.0. The number of aromatic nitrogens is 2. The Morgan fingerprint density at radius 2 is 2.20 bits per heavy atom. The third kappa shape index (κ3) is 2.33. The van der Waals surface area contributed by atoms with Crippen molar-refractivity contribution in [3.05, 3.63) is 53.3 Å². The molecule has 2 heterocycles. The second-order valence-corrected chi connectivity index (χ2v) is 5.45.